The molecule has 0 aromatic rings. The van der Waals surface area contributed by atoms with Crippen LogP contribution >= 0.6 is 0 Å². The van der Waals surface area contributed by atoms with Crippen LogP contribution in [0.2, 0.25) is 0 Å². The van der Waals surface area contributed by atoms with Gasteiger partial charge in [0.05, 0.1) is 37.6 Å². The highest BCUT2D eigenvalue weighted by atomic mass is 16.7. The fourth-order valence-electron chi connectivity index (χ4n) is 3.78. The lowest BCUT2D eigenvalue weighted by atomic mass is 10.0. The molecular formula is C24H47NO6. The normalized spacial score (nSPS) is 26.4. The number of aliphatic hydroxyl groups is 4. The van der Waals surface area contributed by atoms with E-state index in [1.807, 2.05) is 6.08 Å². The molecule has 7 heteroatoms. The highest BCUT2D eigenvalue weighted by molar-refractivity contribution is 4.94. The van der Waals surface area contributed by atoms with Crippen LogP contribution in [0.3, 0.4) is 0 Å². The Balaban J connectivity index is 2.05. The van der Waals surface area contributed by atoms with Gasteiger partial charge in [-0.3, -0.25) is 0 Å². The first-order valence-electron chi connectivity index (χ1n) is 12.3. The summed E-state index contributed by atoms with van der Waals surface area (Å²) < 4.78 is 10.8. The van der Waals surface area contributed by atoms with Crippen LogP contribution in [-0.4, -0.2) is 70.4 Å². The highest BCUT2D eigenvalue weighted by Gasteiger charge is 2.37. The zero-order chi connectivity index (χ0) is 22.9. The van der Waals surface area contributed by atoms with Gasteiger partial charge in [-0.15, -0.1) is 0 Å². The van der Waals surface area contributed by atoms with Crippen LogP contribution in [-0.2, 0) is 9.47 Å². The van der Waals surface area contributed by atoms with E-state index in [0.29, 0.717) is 0 Å². The van der Waals surface area contributed by atoms with E-state index in [1.165, 1.54) is 64.2 Å². The van der Waals surface area contributed by atoms with Gasteiger partial charge in [-0.05, 0) is 12.8 Å². The van der Waals surface area contributed by atoms with E-state index in [-0.39, 0.29) is 19.6 Å². The molecule has 1 saturated heterocycles. The Morgan fingerprint density at radius 3 is 2.16 bits per heavy atom. The van der Waals surface area contributed by atoms with Gasteiger partial charge in [-0.25, -0.2) is 0 Å². The minimum absolute atomic E-state index is 0.0312. The molecule has 7 nitrogen and oxygen atoms in total. The summed E-state index contributed by atoms with van der Waals surface area (Å²) in [5.41, 5.74) is 5.95. The van der Waals surface area contributed by atoms with Crippen LogP contribution in [0.25, 0.3) is 0 Å². The summed E-state index contributed by atoms with van der Waals surface area (Å²) in [4.78, 5) is 0. The monoisotopic (exact) mass is 445 g/mol. The summed E-state index contributed by atoms with van der Waals surface area (Å²) in [6, 6.07) is -0.670. The van der Waals surface area contributed by atoms with Gasteiger partial charge in [-0.2, -0.15) is 0 Å². The molecule has 1 rings (SSSR count). The molecule has 0 aromatic heterocycles. The quantitative estimate of drug-likeness (QED) is 0.162. The predicted octanol–water partition coefficient (Wildman–Crippen LogP) is 2.78. The fourth-order valence-corrected chi connectivity index (χ4v) is 3.78. The molecule has 31 heavy (non-hydrogen) atoms. The second-order valence-electron chi connectivity index (χ2n) is 8.84. The third-order valence-electron chi connectivity index (χ3n) is 5.91. The van der Waals surface area contributed by atoms with E-state index < -0.39 is 36.7 Å². The lowest BCUT2D eigenvalue weighted by molar-refractivity contribution is -0.272. The summed E-state index contributed by atoms with van der Waals surface area (Å²) in [6.45, 7) is 1.95. The minimum atomic E-state index is -1.20. The van der Waals surface area contributed by atoms with Crippen LogP contribution in [0.5, 0.6) is 0 Å². The van der Waals surface area contributed by atoms with E-state index in [0.717, 1.165) is 12.8 Å². The summed E-state index contributed by atoms with van der Waals surface area (Å²) >= 11 is 0. The molecule has 6 atom stereocenters. The molecule has 0 saturated carbocycles. The first-order chi connectivity index (χ1) is 15.0. The number of ether oxygens (including phenoxy) is 2. The lowest BCUT2D eigenvalue weighted by Gasteiger charge is -2.36. The Morgan fingerprint density at radius 2 is 1.58 bits per heavy atom. The van der Waals surface area contributed by atoms with Crippen molar-refractivity contribution in [3.05, 3.63) is 12.2 Å². The third kappa shape index (κ3) is 12.9. The zero-order valence-electron chi connectivity index (χ0n) is 19.4. The number of hydrogen-bond acceptors (Lipinski definition) is 7. The molecule has 0 aliphatic carbocycles. The van der Waals surface area contributed by atoms with Crippen molar-refractivity contribution in [3.8, 4) is 0 Å². The summed E-state index contributed by atoms with van der Waals surface area (Å²) in [6.07, 6.45) is 14.4. The van der Waals surface area contributed by atoms with Crippen LogP contribution in [0.15, 0.2) is 12.2 Å². The van der Waals surface area contributed by atoms with Crippen molar-refractivity contribution in [2.45, 2.75) is 127 Å². The molecule has 1 fully saturated rings. The molecule has 0 radical (unpaired) electrons. The van der Waals surface area contributed by atoms with Gasteiger partial charge in [-0.1, -0.05) is 83.3 Å². The average molecular weight is 446 g/mol. The van der Waals surface area contributed by atoms with Gasteiger partial charge in [0.1, 0.15) is 6.10 Å². The number of nitrogens with two attached hydrogens (primary N) is 1. The van der Waals surface area contributed by atoms with Crippen LogP contribution in [0.4, 0.5) is 0 Å². The van der Waals surface area contributed by atoms with Crippen molar-refractivity contribution in [2.24, 2.45) is 5.73 Å². The molecule has 4 unspecified atom stereocenters. The minimum Gasteiger partial charge on any atom is -0.394 e. The summed E-state index contributed by atoms with van der Waals surface area (Å²) in [7, 11) is 0. The molecule has 0 spiro atoms. The molecule has 0 bridgehead atoms. The van der Waals surface area contributed by atoms with Crippen LogP contribution in [0.1, 0.15) is 90.4 Å². The fraction of sp³-hybridized carbons (Fsp3) is 0.917. The number of rotatable bonds is 18. The maximum absolute atomic E-state index is 10.2. The summed E-state index contributed by atoms with van der Waals surface area (Å²) in [5.74, 6) is 0. The maximum atomic E-state index is 10.2. The Kier molecular flexibility index (Phi) is 16.5. The van der Waals surface area contributed by atoms with Gasteiger partial charge >= 0.3 is 0 Å². The van der Waals surface area contributed by atoms with Gasteiger partial charge in [0, 0.05) is 6.42 Å². The second kappa shape index (κ2) is 18.0. The van der Waals surface area contributed by atoms with E-state index in [1.54, 1.807) is 6.08 Å². The lowest BCUT2D eigenvalue weighted by Crippen LogP contribution is -2.51. The van der Waals surface area contributed by atoms with Gasteiger partial charge in [0.15, 0.2) is 6.29 Å². The van der Waals surface area contributed by atoms with E-state index in [2.05, 4.69) is 6.92 Å². The molecule has 6 N–H and O–H groups in total. The van der Waals surface area contributed by atoms with Crippen molar-refractivity contribution in [2.75, 3.05) is 13.2 Å². The number of aliphatic hydroxyl groups excluding tert-OH is 4. The van der Waals surface area contributed by atoms with Crippen molar-refractivity contribution in [1.82, 2.24) is 0 Å². The third-order valence-corrected chi connectivity index (χ3v) is 5.91. The second-order valence-corrected chi connectivity index (χ2v) is 8.84. The first kappa shape index (κ1) is 28.5. The van der Waals surface area contributed by atoms with Gasteiger partial charge in [0.2, 0.25) is 0 Å². The first-order valence-corrected chi connectivity index (χ1v) is 12.3. The van der Waals surface area contributed by atoms with Crippen LogP contribution < -0.4 is 5.73 Å². The van der Waals surface area contributed by atoms with Gasteiger partial charge in [0.25, 0.3) is 0 Å². The number of unbranched alkanes of at least 4 members (excludes halogenated alkanes) is 11. The largest absolute Gasteiger partial charge is 0.394 e. The van der Waals surface area contributed by atoms with E-state index >= 15 is 0 Å². The SMILES string of the molecule is CCCCCCCCCCCCC/C=C/C(O)C(N)COC1OC(CO)C[C@H](O)[C@H]1O. The molecule has 0 aromatic carbocycles. The van der Waals surface area contributed by atoms with Crippen molar-refractivity contribution >= 4 is 0 Å². The molecular weight excluding hydrogens is 398 g/mol. The molecule has 0 amide bonds. The standard InChI is InChI=1S/C24H47NO6/c1-2-3-4-5-6-7-8-9-10-11-12-13-14-15-21(27)20(25)18-30-24-23(29)22(28)16-19(17-26)31-24/h14-15,19-24,26-29H,2-13,16-18,25H2,1H3/b15-14+/t19?,20?,21?,22-,23+,24?/m0/s1. The number of allylic oxidation sites excluding steroid dienone is 1. The average Bonchev–Trinajstić information content (AvgIpc) is 2.77. The highest BCUT2D eigenvalue weighted by Crippen LogP contribution is 2.21. The Hall–Kier alpha value is -0.540. The zero-order valence-corrected chi connectivity index (χ0v) is 19.4. The van der Waals surface area contributed by atoms with Crippen LogP contribution in [0, 0.1) is 0 Å². The Morgan fingerprint density at radius 1 is 1.00 bits per heavy atom. The van der Waals surface area contributed by atoms with E-state index in [4.69, 9.17) is 15.2 Å². The molecule has 1 heterocycles. The predicted molar refractivity (Wildman–Crippen MR) is 123 cm³/mol. The van der Waals surface area contributed by atoms with Crippen molar-refractivity contribution < 1.29 is 29.9 Å². The maximum Gasteiger partial charge on any atom is 0.186 e. The van der Waals surface area contributed by atoms with Gasteiger partial charge < -0.3 is 35.6 Å². The smallest absolute Gasteiger partial charge is 0.186 e. The van der Waals surface area contributed by atoms with Crippen molar-refractivity contribution in [1.29, 1.82) is 0 Å². The molecule has 1 aliphatic heterocycles. The Bertz CT molecular complexity index is 450. The topological polar surface area (TPSA) is 125 Å². The van der Waals surface area contributed by atoms with E-state index in [9.17, 15) is 20.4 Å². The summed E-state index contributed by atoms with van der Waals surface area (Å²) in [5, 5.41) is 39.1. The van der Waals surface area contributed by atoms with Crippen molar-refractivity contribution in [3.63, 3.8) is 0 Å². The molecule has 1 aliphatic rings. The molecule has 184 valence electrons. The number of hydrogen-bond donors (Lipinski definition) is 5. The Labute approximate surface area is 188 Å².